The lowest BCUT2D eigenvalue weighted by molar-refractivity contribution is 0.670. The van der Waals surface area contributed by atoms with E-state index in [1.54, 1.807) is 0 Å². The Morgan fingerprint density at radius 3 is 1.29 bits per heavy atom. The lowest BCUT2D eigenvalue weighted by atomic mass is 9.89. The van der Waals surface area contributed by atoms with E-state index in [9.17, 15) is 0 Å². The first-order valence-corrected chi connectivity index (χ1v) is 14.1. The van der Waals surface area contributed by atoms with Gasteiger partial charge < -0.3 is 4.42 Å². The molecule has 0 aliphatic rings. The zero-order valence-electron chi connectivity index (χ0n) is 22.3. The maximum absolute atomic E-state index is 6.82. The van der Waals surface area contributed by atoms with Crippen LogP contribution in [-0.4, -0.2) is 0 Å². The van der Waals surface area contributed by atoms with Gasteiger partial charge in [0.15, 0.2) is 0 Å². The van der Waals surface area contributed by atoms with Crippen molar-refractivity contribution in [2.24, 2.45) is 0 Å². The number of benzene rings is 8. The van der Waals surface area contributed by atoms with Gasteiger partial charge in [0.1, 0.15) is 11.2 Å². The molecule has 0 amide bonds. The molecule has 9 aromatic rings. The molecule has 0 aliphatic carbocycles. The summed E-state index contributed by atoms with van der Waals surface area (Å²) in [7, 11) is 0. The number of fused-ring (bicyclic) bond motifs is 7. The van der Waals surface area contributed by atoms with E-state index in [0.717, 1.165) is 27.5 Å². The molecule has 41 heavy (non-hydrogen) atoms. The minimum Gasteiger partial charge on any atom is -0.455 e. The van der Waals surface area contributed by atoms with Gasteiger partial charge in [-0.15, -0.1) is 0 Å². The van der Waals surface area contributed by atoms with Gasteiger partial charge in [0.2, 0.25) is 0 Å². The van der Waals surface area contributed by atoms with Crippen LogP contribution in [0.25, 0.3) is 87.3 Å². The van der Waals surface area contributed by atoms with Crippen LogP contribution >= 0.6 is 0 Å². The number of para-hydroxylation sites is 1. The molecule has 1 heterocycles. The minimum absolute atomic E-state index is 0.909. The molecule has 0 atom stereocenters. The van der Waals surface area contributed by atoms with Crippen molar-refractivity contribution >= 4 is 65.0 Å². The van der Waals surface area contributed by atoms with Crippen molar-refractivity contribution in [1.82, 2.24) is 0 Å². The Labute approximate surface area is 236 Å². The first-order chi connectivity index (χ1) is 20.3. The van der Waals surface area contributed by atoms with Crippen molar-refractivity contribution in [3.8, 4) is 22.3 Å². The lowest BCUT2D eigenvalue weighted by Crippen LogP contribution is -1.87. The highest BCUT2D eigenvalue weighted by molar-refractivity contribution is 6.24. The summed E-state index contributed by atoms with van der Waals surface area (Å²) in [4.78, 5) is 0. The van der Waals surface area contributed by atoms with Crippen LogP contribution in [-0.2, 0) is 0 Å². The molecule has 0 radical (unpaired) electrons. The Balaban J connectivity index is 1.43. The zero-order valence-corrected chi connectivity index (χ0v) is 22.3. The van der Waals surface area contributed by atoms with E-state index in [1.165, 1.54) is 59.8 Å². The minimum atomic E-state index is 0.909. The first kappa shape index (κ1) is 22.4. The Kier molecular flexibility index (Phi) is 4.67. The van der Waals surface area contributed by atoms with Crippen molar-refractivity contribution in [3.05, 3.63) is 146 Å². The third kappa shape index (κ3) is 3.24. The molecule has 0 unspecified atom stereocenters. The molecule has 1 heteroatoms. The topological polar surface area (TPSA) is 13.1 Å². The van der Waals surface area contributed by atoms with Gasteiger partial charge in [0.25, 0.3) is 0 Å². The fourth-order valence-corrected chi connectivity index (χ4v) is 6.86. The smallest absolute Gasteiger partial charge is 0.143 e. The summed E-state index contributed by atoms with van der Waals surface area (Å²) in [6, 6.07) is 52.5. The normalized spacial score (nSPS) is 11.9. The van der Waals surface area contributed by atoms with Gasteiger partial charge in [-0.05, 0) is 72.4 Å². The third-order valence-electron chi connectivity index (χ3n) is 8.60. The van der Waals surface area contributed by atoms with Crippen LogP contribution in [0.15, 0.2) is 150 Å². The lowest BCUT2D eigenvalue weighted by Gasteiger charge is -2.13. The molecular formula is C40H24O. The van der Waals surface area contributed by atoms with Crippen molar-refractivity contribution in [3.63, 3.8) is 0 Å². The monoisotopic (exact) mass is 520 g/mol. The summed E-state index contributed by atoms with van der Waals surface area (Å²) in [5, 5.41) is 12.2. The molecule has 0 bridgehead atoms. The van der Waals surface area contributed by atoms with E-state index in [2.05, 4.69) is 146 Å². The standard InChI is InChI=1S/C40H24O/c1-5-15-29-25(11-1)23-26-12-2-6-16-30(26)37(29)33-19-10-22-36-39(33)35-21-9-20-34(40(35)41-36)38-31-17-7-3-13-27(31)24-28-14-4-8-18-32(28)38/h1-24H. The van der Waals surface area contributed by atoms with Crippen LogP contribution < -0.4 is 0 Å². The van der Waals surface area contributed by atoms with E-state index in [1.807, 2.05) is 0 Å². The molecule has 0 N–H and O–H groups in total. The van der Waals surface area contributed by atoms with Crippen molar-refractivity contribution < 1.29 is 4.42 Å². The summed E-state index contributed by atoms with van der Waals surface area (Å²) in [6.07, 6.45) is 0. The quantitative estimate of drug-likeness (QED) is 0.207. The fraction of sp³-hybridized carbons (Fsp3) is 0. The summed E-state index contributed by atoms with van der Waals surface area (Å²) >= 11 is 0. The highest BCUT2D eigenvalue weighted by Gasteiger charge is 2.20. The van der Waals surface area contributed by atoms with E-state index >= 15 is 0 Å². The van der Waals surface area contributed by atoms with Gasteiger partial charge in [-0.25, -0.2) is 0 Å². The molecule has 0 saturated heterocycles. The van der Waals surface area contributed by atoms with Gasteiger partial charge >= 0.3 is 0 Å². The molecule has 190 valence electrons. The Morgan fingerprint density at radius 1 is 0.341 bits per heavy atom. The first-order valence-electron chi connectivity index (χ1n) is 14.1. The number of hydrogen-bond donors (Lipinski definition) is 0. The maximum Gasteiger partial charge on any atom is 0.143 e. The van der Waals surface area contributed by atoms with Gasteiger partial charge in [-0.2, -0.15) is 0 Å². The van der Waals surface area contributed by atoms with Crippen molar-refractivity contribution in [1.29, 1.82) is 0 Å². The van der Waals surface area contributed by atoms with E-state index < -0.39 is 0 Å². The summed E-state index contributed by atoms with van der Waals surface area (Å²) in [6.45, 7) is 0. The highest BCUT2D eigenvalue weighted by Crippen LogP contribution is 2.46. The molecule has 0 spiro atoms. The molecule has 0 saturated carbocycles. The second kappa shape index (κ2) is 8.55. The SMILES string of the molecule is c1ccc2c(-c3cccc4c3oc3cccc(-c5c6ccccc6cc6ccccc56)c34)c3ccccc3cc2c1. The molecule has 0 aliphatic heterocycles. The molecular weight excluding hydrogens is 496 g/mol. The van der Waals surface area contributed by atoms with Gasteiger partial charge in [0.05, 0.1) is 0 Å². The second-order valence-electron chi connectivity index (χ2n) is 10.9. The fourth-order valence-electron chi connectivity index (χ4n) is 6.86. The zero-order chi connectivity index (χ0) is 26.9. The largest absolute Gasteiger partial charge is 0.455 e. The molecule has 1 aromatic heterocycles. The average molecular weight is 521 g/mol. The van der Waals surface area contributed by atoms with Crippen LogP contribution in [0.3, 0.4) is 0 Å². The molecule has 9 rings (SSSR count). The van der Waals surface area contributed by atoms with E-state index in [0.29, 0.717) is 0 Å². The van der Waals surface area contributed by atoms with Crippen LogP contribution in [0.2, 0.25) is 0 Å². The van der Waals surface area contributed by atoms with E-state index in [4.69, 9.17) is 4.42 Å². The van der Waals surface area contributed by atoms with Crippen LogP contribution in [0.4, 0.5) is 0 Å². The summed E-state index contributed by atoms with van der Waals surface area (Å²) in [5.74, 6) is 0. The van der Waals surface area contributed by atoms with Crippen LogP contribution in [0.1, 0.15) is 0 Å². The number of hydrogen-bond acceptors (Lipinski definition) is 1. The molecule has 8 aromatic carbocycles. The summed E-state index contributed by atoms with van der Waals surface area (Å²) in [5.41, 5.74) is 6.65. The number of furan rings is 1. The highest BCUT2D eigenvalue weighted by atomic mass is 16.3. The number of rotatable bonds is 2. The van der Waals surface area contributed by atoms with Crippen molar-refractivity contribution in [2.75, 3.05) is 0 Å². The predicted octanol–water partition coefficient (Wildman–Crippen LogP) is 11.5. The van der Waals surface area contributed by atoms with Gasteiger partial charge in [-0.1, -0.05) is 127 Å². The van der Waals surface area contributed by atoms with Crippen LogP contribution in [0.5, 0.6) is 0 Å². The van der Waals surface area contributed by atoms with Gasteiger partial charge in [-0.3, -0.25) is 0 Å². The second-order valence-corrected chi connectivity index (χ2v) is 10.9. The Bertz CT molecular complexity index is 2370. The molecule has 1 nitrogen and oxygen atoms in total. The van der Waals surface area contributed by atoms with Gasteiger partial charge in [0, 0.05) is 21.9 Å². The van der Waals surface area contributed by atoms with Crippen molar-refractivity contribution in [2.45, 2.75) is 0 Å². The third-order valence-corrected chi connectivity index (χ3v) is 8.60. The summed E-state index contributed by atoms with van der Waals surface area (Å²) < 4.78 is 6.82. The molecule has 0 fully saturated rings. The average Bonchev–Trinajstić information content (AvgIpc) is 3.42. The predicted molar refractivity (Wildman–Crippen MR) is 175 cm³/mol. The Morgan fingerprint density at radius 2 is 0.756 bits per heavy atom. The Hall–Kier alpha value is -5.40. The van der Waals surface area contributed by atoms with Crippen LogP contribution in [0, 0.1) is 0 Å². The maximum atomic E-state index is 6.82. The van der Waals surface area contributed by atoms with E-state index in [-0.39, 0.29) is 0 Å².